The summed E-state index contributed by atoms with van der Waals surface area (Å²) in [6, 6.07) is 4.69. The van der Waals surface area contributed by atoms with Crippen LogP contribution in [-0.4, -0.2) is 16.9 Å². The van der Waals surface area contributed by atoms with Gasteiger partial charge in [0.05, 0.1) is 29.5 Å². The van der Waals surface area contributed by atoms with Crippen LogP contribution in [-0.2, 0) is 13.6 Å². The van der Waals surface area contributed by atoms with E-state index in [9.17, 15) is 4.39 Å². The average molecular weight is 328 g/mol. The fourth-order valence-electron chi connectivity index (χ4n) is 1.83. The van der Waals surface area contributed by atoms with Crippen LogP contribution in [0.4, 0.5) is 10.1 Å². The van der Waals surface area contributed by atoms with Crippen LogP contribution < -0.4 is 10.1 Å². The molecular formula is C13H15BrFN3O. The number of rotatable bonds is 4. The topological polar surface area (TPSA) is 39.1 Å². The highest BCUT2D eigenvalue weighted by Gasteiger charge is 2.10. The van der Waals surface area contributed by atoms with Crippen molar-refractivity contribution in [3.63, 3.8) is 0 Å². The monoisotopic (exact) mass is 327 g/mol. The summed E-state index contributed by atoms with van der Waals surface area (Å²) in [5.41, 5.74) is 2.76. The quantitative estimate of drug-likeness (QED) is 0.936. The fourth-order valence-corrected chi connectivity index (χ4v) is 2.30. The maximum atomic E-state index is 13.3. The molecule has 1 heterocycles. The molecule has 1 aromatic carbocycles. The Hall–Kier alpha value is -1.56. The van der Waals surface area contributed by atoms with Gasteiger partial charge in [-0.25, -0.2) is 4.39 Å². The second-order valence-corrected chi connectivity index (χ2v) is 4.97. The molecule has 0 radical (unpaired) electrons. The standard InChI is InChI=1S/C13H15BrFN3O/c1-8-13(14)11(18(2)17-8)7-16-9-4-5-10(15)12(6-9)19-3/h4-6,16H,7H2,1-3H3. The molecule has 0 bridgehead atoms. The molecule has 0 aliphatic carbocycles. The first kappa shape index (κ1) is 13.9. The van der Waals surface area contributed by atoms with E-state index in [1.54, 1.807) is 12.1 Å². The van der Waals surface area contributed by atoms with Gasteiger partial charge in [0.15, 0.2) is 11.6 Å². The average Bonchev–Trinajstić information content (AvgIpc) is 2.63. The van der Waals surface area contributed by atoms with Gasteiger partial charge < -0.3 is 10.1 Å². The predicted octanol–water partition coefficient (Wildman–Crippen LogP) is 3.25. The molecule has 1 N–H and O–H groups in total. The number of aromatic nitrogens is 2. The Bertz CT molecular complexity index is 598. The summed E-state index contributed by atoms with van der Waals surface area (Å²) < 4.78 is 21.0. The molecule has 0 aliphatic rings. The summed E-state index contributed by atoms with van der Waals surface area (Å²) >= 11 is 3.51. The van der Waals surface area contributed by atoms with Crippen LogP contribution in [0.15, 0.2) is 22.7 Å². The third-order valence-electron chi connectivity index (χ3n) is 2.87. The van der Waals surface area contributed by atoms with Gasteiger partial charge in [-0.1, -0.05) is 0 Å². The Balaban J connectivity index is 2.14. The van der Waals surface area contributed by atoms with E-state index in [0.29, 0.717) is 6.54 Å². The third kappa shape index (κ3) is 2.89. The molecule has 0 fully saturated rings. The van der Waals surface area contributed by atoms with Crippen LogP contribution in [0.25, 0.3) is 0 Å². The lowest BCUT2D eigenvalue weighted by molar-refractivity contribution is 0.387. The maximum absolute atomic E-state index is 13.3. The van der Waals surface area contributed by atoms with Crippen LogP contribution in [0.2, 0.25) is 0 Å². The Morgan fingerprint density at radius 1 is 1.47 bits per heavy atom. The van der Waals surface area contributed by atoms with Crippen molar-refractivity contribution in [2.75, 3.05) is 12.4 Å². The van der Waals surface area contributed by atoms with Crippen molar-refractivity contribution in [3.05, 3.63) is 39.9 Å². The first-order chi connectivity index (χ1) is 9.02. The Morgan fingerprint density at radius 2 is 2.21 bits per heavy atom. The highest BCUT2D eigenvalue weighted by atomic mass is 79.9. The Labute approximate surface area is 119 Å². The number of halogens is 2. The number of nitrogens with one attached hydrogen (secondary N) is 1. The minimum atomic E-state index is -0.370. The van der Waals surface area contributed by atoms with E-state index in [1.807, 2.05) is 18.7 Å². The summed E-state index contributed by atoms with van der Waals surface area (Å²) in [6.45, 7) is 2.53. The van der Waals surface area contributed by atoms with Gasteiger partial charge in [0.1, 0.15) is 0 Å². The molecule has 4 nitrogen and oxygen atoms in total. The summed E-state index contributed by atoms with van der Waals surface area (Å²) in [5, 5.41) is 7.54. The molecule has 0 amide bonds. The highest BCUT2D eigenvalue weighted by Crippen LogP contribution is 2.24. The minimum absolute atomic E-state index is 0.227. The first-order valence-electron chi connectivity index (χ1n) is 5.78. The fraction of sp³-hybridized carbons (Fsp3) is 0.308. The van der Waals surface area contributed by atoms with Gasteiger partial charge in [0.2, 0.25) is 0 Å². The Kier molecular flexibility index (Phi) is 4.09. The molecule has 19 heavy (non-hydrogen) atoms. The second kappa shape index (κ2) is 5.61. The van der Waals surface area contributed by atoms with E-state index in [-0.39, 0.29) is 11.6 Å². The van der Waals surface area contributed by atoms with Crippen molar-refractivity contribution >= 4 is 21.6 Å². The van der Waals surface area contributed by atoms with Crippen molar-refractivity contribution < 1.29 is 9.13 Å². The lowest BCUT2D eigenvalue weighted by Gasteiger charge is -2.09. The summed E-state index contributed by atoms with van der Waals surface area (Å²) in [7, 11) is 3.34. The molecule has 6 heteroatoms. The van der Waals surface area contributed by atoms with Gasteiger partial charge in [0, 0.05) is 18.8 Å². The number of benzene rings is 1. The third-order valence-corrected chi connectivity index (χ3v) is 3.90. The zero-order chi connectivity index (χ0) is 14.0. The van der Waals surface area contributed by atoms with Crippen LogP contribution >= 0.6 is 15.9 Å². The number of nitrogens with zero attached hydrogens (tertiary/aromatic N) is 2. The molecule has 102 valence electrons. The number of ether oxygens (including phenoxy) is 1. The van der Waals surface area contributed by atoms with Crippen molar-refractivity contribution in [2.45, 2.75) is 13.5 Å². The van der Waals surface area contributed by atoms with Crippen molar-refractivity contribution in [3.8, 4) is 5.75 Å². The van der Waals surface area contributed by atoms with Gasteiger partial charge in [-0.05, 0) is 35.0 Å². The highest BCUT2D eigenvalue weighted by molar-refractivity contribution is 9.10. The molecule has 0 aliphatic heterocycles. The lowest BCUT2D eigenvalue weighted by atomic mass is 10.2. The van der Waals surface area contributed by atoms with E-state index in [0.717, 1.165) is 21.5 Å². The molecule has 2 aromatic rings. The number of aryl methyl sites for hydroxylation is 2. The van der Waals surface area contributed by atoms with Gasteiger partial charge in [-0.15, -0.1) is 0 Å². The molecule has 0 atom stereocenters. The lowest BCUT2D eigenvalue weighted by Crippen LogP contribution is -2.06. The smallest absolute Gasteiger partial charge is 0.165 e. The number of anilines is 1. The van der Waals surface area contributed by atoms with E-state index >= 15 is 0 Å². The number of hydrogen-bond donors (Lipinski definition) is 1. The van der Waals surface area contributed by atoms with Gasteiger partial charge >= 0.3 is 0 Å². The van der Waals surface area contributed by atoms with E-state index in [4.69, 9.17) is 4.74 Å². The molecule has 0 saturated heterocycles. The molecule has 0 spiro atoms. The molecule has 1 aromatic heterocycles. The minimum Gasteiger partial charge on any atom is -0.494 e. The summed E-state index contributed by atoms with van der Waals surface area (Å²) in [5.74, 6) is -0.143. The van der Waals surface area contributed by atoms with E-state index in [2.05, 4.69) is 26.3 Å². The summed E-state index contributed by atoms with van der Waals surface area (Å²) in [6.07, 6.45) is 0. The Morgan fingerprint density at radius 3 is 2.79 bits per heavy atom. The van der Waals surface area contributed by atoms with Crippen LogP contribution in [0.1, 0.15) is 11.4 Å². The van der Waals surface area contributed by atoms with Crippen LogP contribution in [0.5, 0.6) is 5.75 Å². The SMILES string of the molecule is COc1cc(NCc2c(Br)c(C)nn2C)ccc1F. The van der Waals surface area contributed by atoms with Crippen molar-refractivity contribution in [2.24, 2.45) is 7.05 Å². The van der Waals surface area contributed by atoms with Crippen LogP contribution in [0.3, 0.4) is 0 Å². The molecule has 2 rings (SSSR count). The predicted molar refractivity (Wildman–Crippen MR) is 75.9 cm³/mol. The summed E-state index contributed by atoms with van der Waals surface area (Å²) in [4.78, 5) is 0. The zero-order valence-corrected chi connectivity index (χ0v) is 12.6. The largest absolute Gasteiger partial charge is 0.494 e. The molecule has 0 saturated carbocycles. The number of methoxy groups -OCH3 is 1. The van der Waals surface area contributed by atoms with Gasteiger partial charge in [-0.2, -0.15) is 5.10 Å². The van der Waals surface area contributed by atoms with Gasteiger partial charge in [-0.3, -0.25) is 4.68 Å². The normalized spacial score (nSPS) is 10.6. The van der Waals surface area contributed by atoms with E-state index < -0.39 is 0 Å². The second-order valence-electron chi connectivity index (χ2n) is 4.17. The van der Waals surface area contributed by atoms with Crippen molar-refractivity contribution in [1.29, 1.82) is 0 Å². The zero-order valence-electron chi connectivity index (χ0n) is 11.0. The van der Waals surface area contributed by atoms with Gasteiger partial charge in [0.25, 0.3) is 0 Å². The molecular weight excluding hydrogens is 313 g/mol. The maximum Gasteiger partial charge on any atom is 0.165 e. The molecule has 0 unspecified atom stereocenters. The number of hydrogen-bond acceptors (Lipinski definition) is 3. The van der Waals surface area contributed by atoms with Crippen LogP contribution in [0, 0.1) is 12.7 Å². The van der Waals surface area contributed by atoms with E-state index in [1.165, 1.54) is 13.2 Å². The first-order valence-corrected chi connectivity index (χ1v) is 6.57. The van der Waals surface area contributed by atoms with Crippen molar-refractivity contribution in [1.82, 2.24) is 9.78 Å².